The van der Waals surface area contributed by atoms with Crippen LogP contribution in [0.5, 0.6) is 0 Å². The molecule has 0 aliphatic carbocycles. The van der Waals surface area contributed by atoms with E-state index in [0.29, 0.717) is 12.6 Å². The number of carbonyl (C=O) groups excluding carboxylic acids is 1. The van der Waals surface area contributed by atoms with Crippen LogP contribution in [-0.4, -0.2) is 67.7 Å². The molecule has 1 heterocycles. The van der Waals surface area contributed by atoms with Crippen LogP contribution < -0.4 is 10.6 Å². The lowest BCUT2D eigenvalue weighted by Crippen LogP contribution is -2.57. The Balaban J connectivity index is 2.39. The Labute approximate surface area is 130 Å². The predicted molar refractivity (Wildman–Crippen MR) is 88.6 cm³/mol. The monoisotopic (exact) mass is 298 g/mol. The number of hydrogen-bond acceptors (Lipinski definition) is 3. The molecule has 0 aromatic heterocycles. The van der Waals surface area contributed by atoms with Crippen LogP contribution in [0.15, 0.2) is 0 Å². The van der Waals surface area contributed by atoms with Gasteiger partial charge in [-0.25, -0.2) is 4.79 Å². The molecule has 1 atom stereocenters. The van der Waals surface area contributed by atoms with Gasteiger partial charge >= 0.3 is 6.03 Å². The van der Waals surface area contributed by atoms with E-state index >= 15 is 0 Å². The zero-order valence-corrected chi connectivity index (χ0v) is 14.9. The molecule has 0 unspecified atom stereocenters. The lowest BCUT2D eigenvalue weighted by Gasteiger charge is -2.38. The van der Waals surface area contributed by atoms with Gasteiger partial charge in [-0.05, 0) is 39.8 Å². The Kier molecular flexibility index (Phi) is 6.05. The van der Waals surface area contributed by atoms with Gasteiger partial charge in [0.05, 0.1) is 0 Å². The largest absolute Gasteiger partial charge is 0.337 e. The lowest BCUT2D eigenvalue weighted by atomic mass is 9.82. The molecule has 0 aromatic carbocycles. The van der Waals surface area contributed by atoms with Gasteiger partial charge in [-0.3, -0.25) is 4.90 Å². The Morgan fingerprint density at radius 3 is 2.33 bits per heavy atom. The van der Waals surface area contributed by atoms with E-state index in [4.69, 9.17) is 0 Å². The Morgan fingerprint density at radius 2 is 1.76 bits per heavy atom. The van der Waals surface area contributed by atoms with Gasteiger partial charge in [0.25, 0.3) is 0 Å². The number of nitrogens with one attached hydrogen (secondary N) is 2. The van der Waals surface area contributed by atoms with Crippen molar-refractivity contribution < 1.29 is 4.79 Å². The maximum atomic E-state index is 12.1. The number of rotatable bonds is 4. The van der Waals surface area contributed by atoms with Gasteiger partial charge < -0.3 is 15.5 Å². The van der Waals surface area contributed by atoms with E-state index in [1.54, 1.807) is 0 Å². The molecule has 2 amide bonds. The highest BCUT2D eigenvalue weighted by molar-refractivity contribution is 5.74. The molecule has 1 rings (SSSR count). The summed E-state index contributed by atoms with van der Waals surface area (Å²) < 4.78 is 0. The zero-order chi connectivity index (χ0) is 16.3. The van der Waals surface area contributed by atoms with Crippen molar-refractivity contribution >= 4 is 6.03 Å². The number of likely N-dealkylation sites (N-methyl/N-ethyl adjacent to an activating group) is 2. The fourth-order valence-electron chi connectivity index (χ4n) is 3.25. The molecule has 5 nitrogen and oxygen atoms in total. The van der Waals surface area contributed by atoms with Gasteiger partial charge in [0.1, 0.15) is 0 Å². The fraction of sp³-hybridized carbons (Fsp3) is 0.938. The first-order valence-electron chi connectivity index (χ1n) is 7.93. The van der Waals surface area contributed by atoms with Crippen LogP contribution >= 0.6 is 0 Å². The Bertz CT molecular complexity index is 349. The summed E-state index contributed by atoms with van der Waals surface area (Å²) in [6, 6.07) is 0.325. The second-order valence-corrected chi connectivity index (χ2v) is 8.35. The van der Waals surface area contributed by atoms with Crippen molar-refractivity contribution in [3.63, 3.8) is 0 Å². The third-order valence-corrected chi connectivity index (χ3v) is 3.90. The normalized spacial score (nSPS) is 22.1. The third-order valence-electron chi connectivity index (χ3n) is 3.90. The van der Waals surface area contributed by atoms with Crippen molar-refractivity contribution in [3.05, 3.63) is 0 Å². The summed E-state index contributed by atoms with van der Waals surface area (Å²) in [5, 5.41) is 6.12. The minimum absolute atomic E-state index is 0.0640. The molecule has 21 heavy (non-hydrogen) atoms. The van der Waals surface area contributed by atoms with Crippen LogP contribution in [0, 0.1) is 5.41 Å². The molecule has 5 heteroatoms. The number of amides is 2. The van der Waals surface area contributed by atoms with E-state index < -0.39 is 0 Å². The molecule has 124 valence electrons. The molecule has 0 bridgehead atoms. The van der Waals surface area contributed by atoms with E-state index in [1.165, 1.54) is 0 Å². The van der Waals surface area contributed by atoms with Crippen LogP contribution in [0.3, 0.4) is 0 Å². The first-order chi connectivity index (χ1) is 9.48. The van der Waals surface area contributed by atoms with E-state index in [0.717, 1.165) is 26.1 Å². The molecule has 0 saturated carbocycles. The highest BCUT2D eigenvalue weighted by Gasteiger charge is 2.28. The molecule has 1 aliphatic heterocycles. The van der Waals surface area contributed by atoms with E-state index in [2.05, 4.69) is 69.1 Å². The van der Waals surface area contributed by atoms with Gasteiger partial charge in [0.2, 0.25) is 0 Å². The topological polar surface area (TPSA) is 47.6 Å². The van der Waals surface area contributed by atoms with Gasteiger partial charge in [-0.2, -0.15) is 0 Å². The van der Waals surface area contributed by atoms with Crippen LogP contribution in [0.25, 0.3) is 0 Å². The van der Waals surface area contributed by atoms with Crippen LogP contribution in [-0.2, 0) is 0 Å². The summed E-state index contributed by atoms with van der Waals surface area (Å²) in [6.45, 7) is 14.6. The van der Waals surface area contributed by atoms with Gasteiger partial charge in [0.15, 0.2) is 0 Å². The molecular formula is C16H34N4O. The second kappa shape index (κ2) is 6.97. The summed E-state index contributed by atoms with van der Waals surface area (Å²) in [5.41, 5.74) is 0.000666. The molecule has 0 radical (unpaired) electrons. The van der Waals surface area contributed by atoms with Crippen molar-refractivity contribution in [2.45, 2.75) is 52.6 Å². The minimum atomic E-state index is -0.197. The maximum absolute atomic E-state index is 12.1. The van der Waals surface area contributed by atoms with Crippen molar-refractivity contribution in [1.82, 2.24) is 20.4 Å². The number of carbonyl (C=O) groups is 1. The highest BCUT2D eigenvalue weighted by atomic mass is 16.2. The lowest BCUT2D eigenvalue weighted by molar-refractivity contribution is 0.114. The average Bonchev–Trinajstić information content (AvgIpc) is 2.26. The Hall–Kier alpha value is -0.810. The highest BCUT2D eigenvalue weighted by Crippen LogP contribution is 2.26. The van der Waals surface area contributed by atoms with Crippen molar-refractivity contribution in [2.24, 2.45) is 5.41 Å². The van der Waals surface area contributed by atoms with Crippen molar-refractivity contribution in [3.8, 4) is 0 Å². The predicted octanol–water partition coefficient (Wildman–Crippen LogP) is 1.75. The molecule has 0 spiro atoms. The van der Waals surface area contributed by atoms with Crippen LogP contribution in [0.1, 0.15) is 41.0 Å². The molecular weight excluding hydrogens is 264 g/mol. The summed E-state index contributed by atoms with van der Waals surface area (Å²) in [5.74, 6) is 0. The van der Waals surface area contributed by atoms with Crippen LogP contribution in [0.2, 0.25) is 0 Å². The summed E-state index contributed by atoms with van der Waals surface area (Å²) in [4.78, 5) is 16.8. The number of piperazine rings is 1. The number of urea groups is 1. The number of hydrogen-bond donors (Lipinski definition) is 2. The zero-order valence-electron chi connectivity index (χ0n) is 14.9. The fourth-order valence-corrected chi connectivity index (χ4v) is 3.25. The standard InChI is InChI=1S/C16H34N4O/c1-15(2,3)12-16(4,5)18-14(21)17-10-13-11-19(6)8-9-20(13)7/h13H,8-12H2,1-7H3,(H2,17,18,21)/t13-/m1/s1. The van der Waals surface area contributed by atoms with Gasteiger partial charge in [0, 0.05) is 37.8 Å². The molecule has 1 fully saturated rings. The molecule has 1 aliphatic rings. The maximum Gasteiger partial charge on any atom is 0.315 e. The first-order valence-corrected chi connectivity index (χ1v) is 7.93. The van der Waals surface area contributed by atoms with E-state index in [1.807, 2.05) is 0 Å². The summed E-state index contributed by atoms with van der Waals surface area (Å²) >= 11 is 0. The SMILES string of the molecule is CN1CCN(C)[C@H](CNC(=O)NC(C)(C)CC(C)(C)C)C1. The molecule has 0 aromatic rings. The summed E-state index contributed by atoms with van der Waals surface area (Å²) in [6.07, 6.45) is 0.944. The van der Waals surface area contributed by atoms with E-state index in [-0.39, 0.29) is 17.0 Å². The molecule has 2 N–H and O–H groups in total. The van der Waals surface area contributed by atoms with Crippen molar-refractivity contribution in [2.75, 3.05) is 40.3 Å². The van der Waals surface area contributed by atoms with Gasteiger partial charge in [-0.15, -0.1) is 0 Å². The average molecular weight is 298 g/mol. The smallest absolute Gasteiger partial charge is 0.315 e. The van der Waals surface area contributed by atoms with Crippen LogP contribution in [0.4, 0.5) is 4.79 Å². The van der Waals surface area contributed by atoms with E-state index in [9.17, 15) is 4.79 Å². The Morgan fingerprint density at radius 1 is 1.14 bits per heavy atom. The quantitative estimate of drug-likeness (QED) is 0.831. The molecule has 1 saturated heterocycles. The second-order valence-electron chi connectivity index (χ2n) is 8.35. The van der Waals surface area contributed by atoms with Crippen molar-refractivity contribution in [1.29, 1.82) is 0 Å². The summed E-state index contributed by atoms with van der Waals surface area (Å²) in [7, 11) is 4.26. The van der Waals surface area contributed by atoms with Gasteiger partial charge in [-0.1, -0.05) is 20.8 Å². The first kappa shape index (κ1) is 18.2. The number of nitrogens with zero attached hydrogens (tertiary/aromatic N) is 2. The minimum Gasteiger partial charge on any atom is -0.337 e. The third kappa shape index (κ3) is 7.14.